The Hall–Kier alpha value is -1.89. The molecule has 2 saturated heterocycles. The van der Waals surface area contributed by atoms with Crippen molar-refractivity contribution in [1.29, 1.82) is 0 Å². The zero-order valence-electron chi connectivity index (χ0n) is 13.7. The fourth-order valence-electron chi connectivity index (χ4n) is 3.44. The molecular weight excluding hydrogens is 292 g/mol. The summed E-state index contributed by atoms with van der Waals surface area (Å²) in [5.41, 5.74) is 0. The molecule has 0 aliphatic carbocycles. The first-order chi connectivity index (χ1) is 11.3. The second kappa shape index (κ2) is 7.59. The van der Waals surface area contributed by atoms with Gasteiger partial charge in [0, 0.05) is 38.2 Å². The molecule has 126 valence electrons. The van der Waals surface area contributed by atoms with Crippen LogP contribution in [0.2, 0.25) is 0 Å². The van der Waals surface area contributed by atoms with Crippen molar-refractivity contribution in [3.05, 3.63) is 12.4 Å². The van der Waals surface area contributed by atoms with Gasteiger partial charge in [0.05, 0.1) is 0 Å². The van der Waals surface area contributed by atoms with E-state index in [9.17, 15) is 4.79 Å². The monoisotopic (exact) mass is 318 g/mol. The van der Waals surface area contributed by atoms with Crippen LogP contribution in [0.4, 0.5) is 11.6 Å². The topological polar surface area (TPSA) is 82.2 Å². The van der Waals surface area contributed by atoms with Gasteiger partial charge in [-0.25, -0.2) is 9.97 Å². The van der Waals surface area contributed by atoms with Crippen LogP contribution in [0.25, 0.3) is 0 Å². The van der Waals surface area contributed by atoms with Crippen molar-refractivity contribution in [3.63, 3.8) is 0 Å². The highest BCUT2D eigenvalue weighted by Gasteiger charge is 2.28. The number of nitrogens with one attached hydrogen (secondary N) is 3. The van der Waals surface area contributed by atoms with Crippen molar-refractivity contribution < 1.29 is 4.79 Å². The van der Waals surface area contributed by atoms with E-state index < -0.39 is 0 Å². The van der Waals surface area contributed by atoms with E-state index in [1.165, 1.54) is 0 Å². The number of aromatic nitrogens is 2. The first-order valence-electron chi connectivity index (χ1n) is 8.53. The van der Waals surface area contributed by atoms with Crippen molar-refractivity contribution in [2.45, 2.75) is 31.7 Å². The molecule has 0 spiro atoms. The summed E-state index contributed by atoms with van der Waals surface area (Å²) in [5.74, 6) is 2.13. The van der Waals surface area contributed by atoms with Crippen molar-refractivity contribution in [1.82, 2.24) is 20.6 Å². The Morgan fingerprint density at radius 3 is 2.96 bits per heavy atom. The fraction of sp³-hybridized carbons (Fsp3) is 0.688. The molecule has 23 heavy (non-hydrogen) atoms. The van der Waals surface area contributed by atoms with Crippen molar-refractivity contribution in [2.75, 3.05) is 43.4 Å². The van der Waals surface area contributed by atoms with Crippen molar-refractivity contribution >= 4 is 17.5 Å². The summed E-state index contributed by atoms with van der Waals surface area (Å²) >= 11 is 0. The molecule has 3 heterocycles. The van der Waals surface area contributed by atoms with Crippen LogP contribution in [-0.4, -0.2) is 55.1 Å². The lowest BCUT2D eigenvalue weighted by atomic mass is 9.97. The highest BCUT2D eigenvalue weighted by Crippen LogP contribution is 2.24. The predicted molar refractivity (Wildman–Crippen MR) is 90.6 cm³/mol. The minimum atomic E-state index is 0.168. The van der Waals surface area contributed by atoms with Crippen LogP contribution >= 0.6 is 0 Å². The van der Waals surface area contributed by atoms with E-state index in [4.69, 9.17) is 0 Å². The van der Waals surface area contributed by atoms with Crippen molar-refractivity contribution in [2.24, 2.45) is 5.92 Å². The zero-order chi connectivity index (χ0) is 16.1. The number of carbonyl (C=O) groups excluding carboxylic acids is 1. The third-order valence-electron chi connectivity index (χ3n) is 4.80. The number of anilines is 2. The Morgan fingerprint density at radius 2 is 2.17 bits per heavy atom. The second-order valence-corrected chi connectivity index (χ2v) is 6.27. The molecule has 7 heteroatoms. The lowest BCUT2D eigenvalue weighted by Gasteiger charge is -2.27. The number of piperidine rings is 1. The average molecular weight is 318 g/mol. The molecule has 2 fully saturated rings. The molecule has 0 aromatic carbocycles. The molecule has 1 amide bonds. The van der Waals surface area contributed by atoms with Crippen LogP contribution < -0.4 is 20.9 Å². The fourth-order valence-corrected chi connectivity index (χ4v) is 3.44. The molecule has 2 aliphatic rings. The Balaban J connectivity index is 1.57. The zero-order valence-corrected chi connectivity index (χ0v) is 13.7. The van der Waals surface area contributed by atoms with E-state index >= 15 is 0 Å². The molecular formula is C16H26N6O. The molecule has 0 radical (unpaired) electrons. The molecule has 2 aliphatic heterocycles. The third-order valence-corrected chi connectivity index (χ3v) is 4.80. The highest BCUT2D eigenvalue weighted by atomic mass is 16.1. The largest absolute Gasteiger partial charge is 0.373 e. The van der Waals surface area contributed by atoms with E-state index in [1.807, 2.05) is 13.1 Å². The van der Waals surface area contributed by atoms with Crippen molar-refractivity contribution in [3.8, 4) is 0 Å². The molecule has 1 unspecified atom stereocenters. The summed E-state index contributed by atoms with van der Waals surface area (Å²) in [6, 6.07) is 2.28. The second-order valence-electron chi connectivity index (χ2n) is 6.27. The third kappa shape index (κ3) is 3.90. The van der Waals surface area contributed by atoms with Gasteiger partial charge in [0.25, 0.3) is 0 Å². The molecule has 7 nitrogen and oxygen atoms in total. The quantitative estimate of drug-likeness (QED) is 0.738. The maximum atomic E-state index is 12.3. The van der Waals surface area contributed by atoms with E-state index in [-0.39, 0.29) is 11.8 Å². The number of hydrogen-bond donors (Lipinski definition) is 3. The standard InChI is InChI=1S/C16H26N6O/c1-17-14-9-15(21-11-20-14)22-8-2-3-13(22)10-19-16(23)12-4-6-18-7-5-12/h9,11-13,18H,2-8,10H2,1H3,(H,19,23)(H,17,20,21). The van der Waals surface area contributed by atoms with Crippen LogP contribution in [0.15, 0.2) is 12.4 Å². The number of hydrogen-bond acceptors (Lipinski definition) is 6. The summed E-state index contributed by atoms with van der Waals surface area (Å²) in [6.07, 6.45) is 5.69. The van der Waals surface area contributed by atoms with Gasteiger partial charge in [-0.2, -0.15) is 0 Å². The molecule has 3 N–H and O–H groups in total. The van der Waals surface area contributed by atoms with Crippen LogP contribution in [0.3, 0.4) is 0 Å². The summed E-state index contributed by atoms with van der Waals surface area (Å²) < 4.78 is 0. The minimum Gasteiger partial charge on any atom is -0.373 e. The van der Waals surface area contributed by atoms with Gasteiger partial charge in [0.2, 0.25) is 5.91 Å². The van der Waals surface area contributed by atoms with Crippen LogP contribution in [0.1, 0.15) is 25.7 Å². The van der Waals surface area contributed by atoms with Gasteiger partial charge in [0.1, 0.15) is 18.0 Å². The van der Waals surface area contributed by atoms with Gasteiger partial charge < -0.3 is 20.9 Å². The molecule has 0 saturated carbocycles. The molecule has 0 bridgehead atoms. The number of carbonyl (C=O) groups is 1. The van der Waals surface area contributed by atoms with Gasteiger partial charge >= 0.3 is 0 Å². The van der Waals surface area contributed by atoms with E-state index in [0.717, 1.165) is 57.0 Å². The highest BCUT2D eigenvalue weighted by molar-refractivity contribution is 5.78. The van der Waals surface area contributed by atoms with E-state index in [1.54, 1.807) is 6.33 Å². The maximum Gasteiger partial charge on any atom is 0.223 e. The Morgan fingerprint density at radius 1 is 1.35 bits per heavy atom. The Kier molecular flexibility index (Phi) is 5.27. The Bertz CT molecular complexity index is 531. The van der Waals surface area contributed by atoms with Crippen LogP contribution in [0, 0.1) is 5.92 Å². The minimum absolute atomic E-state index is 0.168. The smallest absolute Gasteiger partial charge is 0.223 e. The summed E-state index contributed by atoms with van der Waals surface area (Å²) in [6.45, 7) is 3.57. The molecule has 1 atom stereocenters. The number of nitrogens with zero attached hydrogens (tertiary/aromatic N) is 3. The SMILES string of the molecule is CNc1cc(N2CCCC2CNC(=O)C2CCNCC2)ncn1. The van der Waals surface area contributed by atoms with E-state index in [2.05, 4.69) is 30.8 Å². The maximum absolute atomic E-state index is 12.3. The van der Waals surface area contributed by atoms with Gasteiger partial charge in [-0.3, -0.25) is 4.79 Å². The number of rotatable bonds is 5. The van der Waals surface area contributed by atoms with Gasteiger partial charge in [-0.1, -0.05) is 0 Å². The average Bonchev–Trinajstić information content (AvgIpc) is 3.09. The number of amides is 1. The van der Waals surface area contributed by atoms with Gasteiger partial charge in [-0.05, 0) is 38.8 Å². The normalized spacial score (nSPS) is 22.1. The summed E-state index contributed by atoms with van der Waals surface area (Å²) in [5, 5.41) is 9.50. The van der Waals surface area contributed by atoms with Crippen LogP contribution in [-0.2, 0) is 4.79 Å². The van der Waals surface area contributed by atoms with Gasteiger partial charge in [-0.15, -0.1) is 0 Å². The lowest BCUT2D eigenvalue weighted by molar-refractivity contribution is -0.125. The Labute approximate surface area is 137 Å². The summed E-state index contributed by atoms with van der Waals surface area (Å²) in [4.78, 5) is 23.1. The van der Waals surface area contributed by atoms with Gasteiger partial charge in [0.15, 0.2) is 0 Å². The molecule has 1 aromatic rings. The first-order valence-corrected chi connectivity index (χ1v) is 8.53. The lowest BCUT2D eigenvalue weighted by Crippen LogP contribution is -2.44. The van der Waals surface area contributed by atoms with E-state index in [0.29, 0.717) is 12.6 Å². The summed E-state index contributed by atoms with van der Waals surface area (Å²) in [7, 11) is 1.85. The molecule has 1 aromatic heterocycles. The van der Waals surface area contributed by atoms with Crippen LogP contribution in [0.5, 0.6) is 0 Å². The predicted octanol–water partition coefficient (Wildman–Crippen LogP) is 0.603. The first kappa shape index (κ1) is 16.0. The molecule has 3 rings (SSSR count).